The highest BCUT2D eigenvalue weighted by Gasteiger charge is 2.40. The maximum atomic E-state index is 13.6. The summed E-state index contributed by atoms with van der Waals surface area (Å²) in [6.45, 7) is 0.0940. The Kier molecular flexibility index (Phi) is 8.57. The summed E-state index contributed by atoms with van der Waals surface area (Å²) in [6, 6.07) is 27.2. The normalized spacial score (nSPS) is 19.0. The lowest BCUT2D eigenvalue weighted by Gasteiger charge is -2.34. The van der Waals surface area contributed by atoms with E-state index < -0.39 is 24.0 Å². The molecule has 0 radical (unpaired) electrons. The predicted octanol–water partition coefficient (Wildman–Crippen LogP) is 5.44. The second-order valence-corrected chi connectivity index (χ2v) is 9.61. The van der Waals surface area contributed by atoms with E-state index in [2.05, 4.69) is 5.32 Å². The van der Waals surface area contributed by atoms with Crippen LogP contribution in [0.2, 0.25) is 0 Å². The van der Waals surface area contributed by atoms with Crippen molar-refractivity contribution in [3.63, 3.8) is 0 Å². The first kappa shape index (κ1) is 25.3. The van der Waals surface area contributed by atoms with E-state index in [1.807, 2.05) is 66.7 Å². The number of hydrogen-bond acceptors (Lipinski definition) is 6. The van der Waals surface area contributed by atoms with Crippen LogP contribution in [-0.2, 0) is 20.9 Å². The quantitative estimate of drug-likeness (QED) is 0.327. The number of methoxy groups -OCH3 is 1. The minimum absolute atomic E-state index is 0.0940. The van der Waals surface area contributed by atoms with E-state index in [9.17, 15) is 14.4 Å². The van der Waals surface area contributed by atoms with Gasteiger partial charge in [-0.25, -0.2) is 9.59 Å². The van der Waals surface area contributed by atoms with Gasteiger partial charge in [0.15, 0.2) is 5.78 Å². The number of ether oxygens (including phenoxy) is 2. The number of benzene rings is 3. The van der Waals surface area contributed by atoms with Gasteiger partial charge in [0, 0.05) is 27.2 Å². The largest absolute Gasteiger partial charge is 0.466 e. The maximum absolute atomic E-state index is 13.6. The monoisotopic (exact) mass is 501 g/mol. The third kappa shape index (κ3) is 6.43. The third-order valence-corrected chi connectivity index (χ3v) is 7.22. The van der Waals surface area contributed by atoms with Crippen LogP contribution in [0.1, 0.15) is 22.3 Å². The van der Waals surface area contributed by atoms with Crippen LogP contribution in [0, 0.1) is 5.92 Å². The lowest BCUT2D eigenvalue weighted by molar-refractivity contribution is -0.136. The molecule has 0 saturated carbocycles. The van der Waals surface area contributed by atoms with Gasteiger partial charge in [-0.2, -0.15) is 0 Å². The molecule has 0 fully saturated rings. The molecule has 1 amide bonds. The zero-order valence-electron chi connectivity index (χ0n) is 19.8. The fourth-order valence-electron chi connectivity index (χ4n) is 4.14. The molecule has 1 N–H and O–H groups in total. The van der Waals surface area contributed by atoms with Crippen molar-refractivity contribution in [1.29, 1.82) is 0 Å². The van der Waals surface area contributed by atoms with Crippen molar-refractivity contribution in [2.45, 2.75) is 29.2 Å². The molecule has 184 valence electrons. The van der Waals surface area contributed by atoms with E-state index in [1.165, 1.54) is 18.9 Å². The summed E-state index contributed by atoms with van der Waals surface area (Å²) in [5.74, 6) is -1.19. The number of thioether (sulfide) groups is 1. The lowest BCUT2D eigenvalue weighted by Crippen LogP contribution is -2.47. The number of alkyl carbamates (subject to hydrolysis) is 1. The van der Waals surface area contributed by atoms with Crippen molar-refractivity contribution in [2.75, 3.05) is 7.11 Å². The van der Waals surface area contributed by atoms with Gasteiger partial charge >= 0.3 is 12.1 Å². The number of amides is 1. The Morgan fingerprint density at radius 1 is 0.889 bits per heavy atom. The van der Waals surface area contributed by atoms with Gasteiger partial charge in [0.1, 0.15) is 6.61 Å². The lowest BCUT2D eigenvalue weighted by atomic mass is 9.80. The number of carbonyl (C=O) groups is 3. The summed E-state index contributed by atoms with van der Waals surface area (Å²) < 4.78 is 10.4. The van der Waals surface area contributed by atoms with E-state index in [-0.39, 0.29) is 17.6 Å². The molecule has 7 heteroatoms. The molecule has 36 heavy (non-hydrogen) atoms. The van der Waals surface area contributed by atoms with E-state index in [4.69, 9.17) is 9.47 Å². The van der Waals surface area contributed by atoms with Gasteiger partial charge in [-0.3, -0.25) is 4.79 Å². The third-order valence-electron chi connectivity index (χ3n) is 5.94. The molecule has 3 unspecified atom stereocenters. The van der Waals surface area contributed by atoms with Crippen molar-refractivity contribution in [2.24, 2.45) is 5.92 Å². The van der Waals surface area contributed by atoms with Crippen LogP contribution < -0.4 is 5.32 Å². The van der Waals surface area contributed by atoms with Crippen LogP contribution in [0.4, 0.5) is 4.79 Å². The summed E-state index contributed by atoms with van der Waals surface area (Å²) in [7, 11) is 1.32. The molecule has 1 aliphatic rings. The molecule has 3 aromatic carbocycles. The van der Waals surface area contributed by atoms with Gasteiger partial charge in [0.05, 0.1) is 13.2 Å². The summed E-state index contributed by atoms with van der Waals surface area (Å²) in [6.07, 6.45) is 1.33. The fraction of sp³-hybridized carbons (Fsp3) is 0.207. The standard InChI is InChI=1S/C29H27NO5S/c1-34-28(32)24-17-25(30-29(33)35-19-20-11-5-2-6-12-20)23(27(31)21-13-7-3-8-14-21)18-26(24)36-22-15-9-4-10-16-22/h2-17,23,25-26H,18-19H2,1H3,(H,30,33). The Labute approximate surface area is 214 Å². The number of Topliss-reactive ketones (excluding diaryl/α,β-unsaturated/α-hetero) is 1. The number of rotatable bonds is 8. The topological polar surface area (TPSA) is 81.7 Å². The molecule has 3 atom stereocenters. The highest BCUT2D eigenvalue weighted by atomic mass is 32.2. The van der Waals surface area contributed by atoms with Crippen molar-refractivity contribution < 1.29 is 23.9 Å². The molecule has 0 aromatic heterocycles. The van der Waals surface area contributed by atoms with Crippen LogP contribution in [0.3, 0.4) is 0 Å². The van der Waals surface area contributed by atoms with Crippen molar-refractivity contribution in [3.8, 4) is 0 Å². The first-order chi connectivity index (χ1) is 17.5. The Morgan fingerprint density at radius 3 is 2.14 bits per heavy atom. The first-order valence-electron chi connectivity index (χ1n) is 11.6. The van der Waals surface area contributed by atoms with Crippen molar-refractivity contribution in [3.05, 3.63) is 114 Å². The molecular formula is C29H27NO5S. The van der Waals surface area contributed by atoms with Crippen LogP contribution in [0.15, 0.2) is 108 Å². The van der Waals surface area contributed by atoms with Crippen LogP contribution in [-0.4, -0.2) is 36.2 Å². The minimum Gasteiger partial charge on any atom is -0.466 e. The average Bonchev–Trinajstić information content (AvgIpc) is 2.93. The molecular weight excluding hydrogens is 474 g/mol. The van der Waals surface area contributed by atoms with Gasteiger partial charge in [0.25, 0.3) is 0 Å². The zero-order valence-corrected chi connectivity index (χ0v) is 20.6. The molecule has 0 aliphatic heterocycles. The summed E-state index contributed by atoms with van der Waals surface area (Å²) >= 11 is 1.50. The molecule has 3 aromatic rings. The van der Waals surface area contributed by atoms with Crippen molar-refractivity contribution in [1.82, 2.24) is 5.32 Å². The van der Waals surface area contributed by atoms with Crippen molar-refractivity contribution >= 4 is 29.6 Å². The maximum Gasteiger partial charge on any atom is 0.407 e. The molecule has 0 spiro atoms. The molecule has 0 saturated heterocycles. The van der Waals surface area contributed by atoms with Gasteiger partial charge in [0.2, 0.25) is 0 Å². The molecule has 1 aliphatic carbocycles. The molecule has 6 nitrogen and oxygen atoms in total. The summed E-state index contributed by atoms with van der Waals surface area (Å²) in [4.78, 5) is 40.0. The minimum atomic E-state index is -0.734. The number of carbonyl (C=O) groups excluding carboxylic acids is 3. The van der Waals surface area contributed by atoms with E-state index in [0.717, 1.165) is 10.5 Å². The smallest absolute Gasteiger partial charge is 0.407 e. The number of esters is 1. The Hall–Kier alpha value is -3.84. The second-order valence-electron chi connectivity index (χ2n) is 8.34. The predicted molar refractivity (Wildman–Crippen MR) is 139 cm³/mol. The van der Waals surface area contributed by atoms with E-state index in [0.29, 0.717) is 17.6 Å². The van der Waals surface area contributed by atoms with Gasteiger partial charge in [-0.1, -0.05) is 78.9 Å². The SMILES string of the molecule is COC(=O)C1=CC(NC(=O)OCc2ccccc2)C(C(=O)c2ccccc2)CC1Sc1ccccc1. The van der Waals surface area contributed by atoms with Crippen LogP contribution >= 0.6 is 11.8 Å². The number of ketones is 1. The second kappa shape index (κ2) is 12.2. The van der Waals surface area contributed by atoms with E-state index in [1.54, 1.807) is 30.3 Å². The van der Waals surface area contributed by atoms with Gasteiger partial charge < -0.3 is 14.8 Å². The van der Waals surface area contributed by atoms with Gasteiger partial charge in [-0.05, 0) is 30.2 Å². The average molecular weight is 502 g/mol. The highest BCUT2D eigenvalue weighted by Crippen LogP contribution is 2.38. The summed E-state index contributed by atoms with van der Waals surface area (Å²) in [5, 5.41) is 2.48. The Balaban J connectivity index is 1.61. The summed E-state index contributed by atoms with van der Waals surface area (Å²) in [5.41, 5.74) is 1.81. The van der Waals surface area contributed by atoms with Crippen LogP contribution in [0.5, 0.6) is 0 Å². The van der Waals surface area contributed by atoms with E-state index >= 15 is 0 Å². The van der Waals surface area contributed by atoms with Crippen LogP contribution in [0.25, 0.3) is 0 Å². The zero-order chi connectivity index (χ0) is 25.3. The molecule has 0 heterocycles. The fourth-order valence-corrected chi connectivity index (χ4v) is 5.39. The number of nitrogens with one attached hydrogen (secondary N) is 1. The Bertz CT molecular complexity index is 1210. The highest BCUT2D eigenvalue weighted by molar-refractivity contribution is 8.00. The number of hydrogen-bond donors (Lipinski definition) is 1. The molecule has 0 bridgehead atoms. The van der Waals surface area contributed by atoms with Gasteiger partial charge in [-0.15, -0.1) is 11.8 Å². The first-order valence-corrected chi connectivity index (χ1v) is 12.5. The molecule has 4 rings (SSSR count). The Morgan fingerprint density at radius 2 is 1.50 bits per heavy atom.